The van der Waals surface area contributed by atoms with Crippen LogP contribution in [0.5, 0.6) is 5.75 Å². The highest BCUT2D eigenvalue weighted by molar-refractivity contribution is 8.01. The molecule has 5 nitrogen and oxygen atoms in total. The Morgan fingerprint density at radius 1 is 1.35 bits per heavy atom. The second kappa shape index (κ2) is 8.31. The standard InChI is InChI=1S/C19H23N3O2S2/c1-5-13-11(2)26-19-17(13)18(20-12(3)21-19)25-10-16(23)22-14-8-6-7-9-15(14)24-4/h6-9,11,13H,5,10H2,1-4H3,(H,22,23)/t11-,13+/m1/s1. The maximum Gasteiger partial charge on any atom is 0.234 e. The Morgan fingerprint density at radius 2 is 2.12 bits per heavy atom. The molecule has 0 aliphatic carbocycles. The zero-order chi connectivity index (χ0) is 18.7. The van der Waals surface area contributed by atoms with E-state index in [9.17, 15) is 4.79 Å². The van der Waals surface area contributed by atoms with Crippen LogP contribution in [0, 0.1) is 6.92 Å². The van der Waals surface area contributed by atoms with Crippen molar-refractivity contribution >= 4 is 35.1 Å². The number of aryl methyl sites for hydroxylation is 1. The molecule has 7 heteroatoms. The van der Waals surface area contributed by atoms with Gasteiger partial charge in [-0.3, -0.25) is 4.79 Å². The number of anilines is 1. The van der Waals surface area contributed by atoms with Crippen molar-refractivity contribution in [3.05, 3.63) is 35.7 Å². The van der Waals surface area contributed by atoms with Crippen LogP contribution in [-0.2, 0) is 4.79 Å². The molecule has 0 fully saturated rings. The molecule has 26 heavy (non-hydrogen) atoms. The number of rotatable bonds is 6. The molecule has 2 atom stereocenters. The van der Waals surface area contributed by atoms with E-state index in [-0.39, 0.29) is 5.91 Å². The number of aromatic nitrogens is 2. The molecule has 2 aromatic rings. The summed E-state index contributed by atoms with van der Waals surface area (Å²) in [7, 11) is 1.59. The number of nitrogens with one attached hydrogen (secondary N) is 1. The fourth-order valence-electron chi connectivity index (χ4n) is 3.14. The Balaban J connectivity index is 1.73. The lowest BCUT2D eigenvalue weighted by Crippen LogP contribution is -2.15. The molecule has 1 N–H and O–H groups in total. The van der Waals surface area contributed by atoms with Gasteiger partial charge in [0.25, 0.3) is 0 Å². The van der Waals surface area contributed by atoms with E-state index in [1.54, 1.807) is 7.11 Å². The Labute approximate surface area is 162 Å². The molecular weight excluding hydrogens is 366 g/mol. The van der Waals surface area contributed by atoms with Gasteiger partial charge >= 0.3 is 0 Å². The first kappa shape index (κ1) is 19.0. The van der Waals surface area contributed by atoms with Gasteiger partial charge in [-0.1, -0.05) is 37.7 Å². The number of ether oxygens (including phenoxy) is 1. The molecule has 1 amide bonds. The first-order valence-corrected chi connectivity index (χ1v) is 10.5. The second-order valence-electron chi connectivity index (χ2n) is 6.17. The number of thioether (sulfide) groups is 2. The summed E-state index contributed by atoms with van der Waals surface area (Å²) in [6.07, 6.45) is 1.05. The lowest BCUT2D eigenvalue weighted by atomic mass is 9.96. The second-order valence-corrected chi connectivity index (χ2v) is 8.50. The Kier molecular flexibility index (Phi) is 6.09. The topological polar surface area (TPSA) is 64.1 Å². The van der Waals surface area contributed by atoms with Gasteiger partial charge in [0.2, 0.25) is 5.91 Å². The van der Waals surface area contributed by atoms with Crippen LogP contribution in [-0.4, -0.2) is 34.0 Å². The average molecular weight is 390 g/mol. The van der Waals surface area contributed by atoms with Gasteiger partial charge in [0, 0.05) is 16.7 Å². The van der Waals surface area contributed by atoms with Gasteiger partial charge in [-0.15, -0.1) is 11.8 Å². The van der Waals surface area contributed by atoms with Gasteiger partial charge in [0.15, 0.2) is 0 Å². The lowest BCUT2D eigenvalue weighted by molar-refractivity contribution is -0.113. The van der Waals surface area contributed by atoms with Crippen LogP contribution in [0.4, 0.5) is 5.69 Å². The van der Waals surface area contributed by atoms with Gasteiger partial charge in [-0.05, 0) is 25.5 Å². The molecular formula is C19H23N3O2S2. The summed E-state index contributed by atoms with van der Waals surface area (Å²) in [5.74, 6) is 2.08. The minimum atomic E-state index is -0.0729. The number of para-hydroxylation sites is 2. The van der Waals surface area contributed by atoms with Gasteiger partial charge in [0.05, 0.1) is 18.6 Å². The van der Waals surface area contributed by atoms with Crippen molar-refractivity contribution in [2.24, 2.45) is 0 Å². The Hall–Kier alpha value is -1.73. The van der Waals surface area contributed by atoms with E-state index in [1.165, 1.54) is 17.3 Å². The molecule has 0 saturated heterocycles. The maximum atomic E-state index is 12.4. The molecule has 1 aliphatic rings. The number of carbonyl (C=O) groups is 1. The van der Waals surface area contributed by atoms with E-state index in [0.29, 0.717) is 28.4 Å². The van der Waals surface area contributed by atoms with E-state index in [2.05, 4.69) is 29.1 Å². The smallest absolute Gasteiger partial charge is 0.234 e. The number of fused-ring (bicyclic) bond motifs is 1. The molecule has 0 bridgehead atoms. The number of hydrogen-bond acceptors (Lipinski definition) is 6. The van der Waals surface area contributed by atoms with Crippen LogP contribution in [0.1, 0.15) is 37.6 Å². The van der Waals surface area contributed by atoms with Gasteiger partial charge in [0.1, 0.15) is 21.6 Å². The predicted octanol–water partition coefficient (Wildman–Crippen LogP) is 4.51. The number of carbonyl (C=O) groups excluding carboxylic acids is 1. The minimum absolute atomic E-state index is 0.0729. The molecule has 1 aromatic carbocycles. The third kappa shape index (κ3) is 3.99. The first-order valence-electron chi connectivity index (χ1n) is 8.64. The van der Waals surface area contributed by atoms with Crippen molar-refractivity contribution < 1.29 is 9.53 Å². The van der Waals surface area contributed by atoms with Gasteiger partial charge in [-0.25, -0.2) is 9.97 Å². The largest absolute Gasteiger partial charge is 0.495 e. The SMILES string of the molecule is CC[C@@H]1c2c(SCC(=O)Nc3ccccc3OC)nc(C)nc2S[C@@H]1C. The van der Waals surface area contributed by atoms with E-state index >= 15 is 0 Å². The van der Waals surface area contributed by atoms with Crippen molar-refractivity contribution in [2.45, 2.75) is 48.4 Å². The average Bonchev–Trinajstić information content (AvgIpc) is 2.94. The summed E-state index contributed by atoms with van der Waals surface area (Å²) >= 11 is 3.30. The normalized spacial score (nSPS) is 18.5. The van der Waals surface area contributed by atoms with Crippen molar-refractivity contribution in [3.63, 3.8) is 0 Å². The molecule has 0 unspecified atom stereocenters. The molecule has 0 radical (unpaired) electrons. The van der Waals surface area contributed by atoms with Crippen LogP contribution in [0.25, 0.3) is 0 Å². The van der Waals surface area contributed by atoms with Gasteiger partial charge in [-0.2, -0.15) is 0 Å². The van der Waals surface area contributed by atoms with Crippen LogP contribution in [0.2, 0.25) is 0 Å². The van der Waals surface area contributed by atoms with E-state index in [4.69, 9.17) is 4.74 Å². The molecule has 0 spiro atoms. The molecule has 0 saturated carbocycles. The van der Waals surface area contributed by atoms with E-state index in [1.807, 2.05) is 43.0 Å². The predicted molar refractivity (Wildman–Crippen MR) is 107 cm³/mol. The third-order valence-corrected chi connectivity index (χ3v) is 6.61. The lowest BCUT2D eigenvalue weighted by Gasteiger charge is -2.15. The fourth-order valence-corrected chi connectivity index (χ4v) is 5.55. The fraction of sp³-hybridized carbons (Fsp3) is 0.421. The maximum absolute atomic E-state index is 12.4. The van der Waals surface area contributed by atoms with Crippen molar-refractivity contribution in [2.75, 3.05) is 18.2 Å². The Morgan fingerprint density at radius 3 is 2.85 bits per heavy atom. The highest BCUT2D eigenvalue weighted by Gasteiger charge is 2.33. The Bertz CT molecular complexity index is 813. The molecule has 2 heterocycles. The summed E-state index contributed by atoms with van der Waals surface area (Å²) in [4.78, 5) is 21.6. The number of methoxy groups -OCH3 is 1. The summed E-state index contributed by atoms with van der Waals surface area (Å²) < 4.78 is 5.28. The molecule has 1 aliphatic heterocycles. The van der Waals surface area contributed by atoms with Crippen LogP contribution in [0.15, 0.2) is 34.3 Å². The van der Waals surface area contributed by atoms with Crippen molar-refractivity contribution in [1.82, 2.24) is 9.97 Å². The molecule has 1 aromatic heterocycles. The number of benzene rings is 1. The molecule has 3 rings (SSSR count). The van der Waals surface area contributed by atoms with Crippen LogP contribution >= 0.6 is 23.5 Å². The summed E-state index contributed by atoms with van der Waals surface area (Å²) in [6.45, 7) is 6.34. The first-order chi connectivity index (χ1) is 12.5. The number of amides is 1. The monoisotopic (exact) mass is 389 g/mol. The summed E-state index contributed by atoms with van der Waals surface area (Å²) in [5, 5.41) is 5.42. The zero-order valence-corrected chi connectivity index (χ0v) is 17.0. The summed E-state index contributed by atoms with van der Waals surface area (Å²) in [6, 6.07) is 7.41. The molecule has 138 valence electrons. The van der Waals surface area contributed by atoms with Crippen molar-refractivity contribution in [3.8, 4) is 5.75 Å². The van der Waals surface area contributed by atoms with Crippen molar-refractivity contribution in [1.29, 1.82) is 0 Å². The van der Waals surface area contributed by atoms with E-state index in [0.717, 1.165) is 22.3 Å². The third-order valence-electron chi connectivity index (χ3n) is 4.38. The quantitative estimate of drug-likeness (QED) is 0.579. The van der Waals surface area contributed by atoms with Gasteiger partial charge < -0.3 is 10.1 Å². The zero-order valence-electron chi connectivity index (χ0n) is 15.4. The summed E-state index contributed by atoms with van der Waals surface area (Å²) in [5.41, 5.74) is 1.89. The number of nitrogens with zero attached hydrogens (tertiary/aromatic N) is 2. The highest BCUT2D eigenvalue weighted by Crippen LogP contribution is 2.48. The number of hydrogen-bond donors (Lipinski definition) is 1. The highest BCUT2D eigenvalue weighted by atomic mass is 32.2. The van der Waals surface area contributed by atoms with Crippen LogP contribution in [0.3, 0.4) is 0 Å². The van der Waals surface area contributed by atoms with Crippen LogP contribution < -0.4 is 10.1 Å². The van der Waals surface area contributed by atoms with E-state index < -0.39 is 0 Å². The minimum Gasteiger partial charge on any atom is -0.495 e.